The number of ether oxygens (including phenoxy) is 1. The van der Waals surface area contributed by atoms with Gasteiger partial charge in [0.25, 0.3) is 0 Å². The summed E-state index contributed by atoms with van der Waals surface area (Å²) < 4.78 is 5.74. The summed E-state index contributed by atoms with van der Waals surface area (Å²) >= 11 is 6.09. The van der Waals surface area contributed by atoms with E-state index in [-0.39, 0.29) is 30.7 Å². The molecule has 5 nitrogen and oxygen atoms in total. The number of anilines is 1. The second-order valence-corrected chi connectivity index (χ2v) is 6.83. The van der Waals surface area contributed by atoms with Gasteiger partial charge in [-0.05, 0) is 29.8 Å². The summed E-state index contributed by atoms with van der Waals surface area (Å²) in [4.78, 5) is 16.7. The number of nitrogen functional groups attached to an aromatic ring is 1. The first-order valence-corrected chi connectivity index (χ1v) is 9.21. The van der Waals surface area contributed by atoms with Crippen molar-refractivity contribution in [2.75, 3.05) is 45.1 Å². The minimum Gasteiger partial charge on any atom is -0.491 e. The Morgan fingerprint density at radius 2 is 1.64 bits per heavy atom. The van der Waals surface area contributed by atoms with E-state index in [9.17, 15) is 4.79 Å². The lowest BCUT2D eigenvalue weighted by Crippen LogP contribution is -2.49. The number of piperazine rings is 1. The molecule has 0 saturated carbocycles. The summed E-state index contributed by atoms with van der Waals surface area (Å²) in [7, 11) is 0. The molecule has 0 unspecified atom stereocenters. The Morgan fingerprint density at radius 1 is 1.00 bits per heavy atom. The number of para-hydroxylation sites is 1. The topological polar surface area (TPSA) is 58.8 Å². The van der Waals surface area contributed by atoms with E-state index in [1.165, 1.54) is 0 Å². The molecule has 3 rings (SSSR count). The zero-order chi connectivity index (χ0) is 18.4. The molecule has 0 spiro atoms. The Morgan fingerprint density at radius 3 is 2.29 bits per heavy atom. The highest BCUT2D eigenvalue weighted by Crippen LogP contribution is 2.22. The van der Waals surface area contributed by atoms with Crippen LogP contribution in [0.15, 0.2) is 48.5 Å². The number of carbonyl (C=O) groups excluding carboxylic acids is 1. The van der Waals surface area contributed by atoms with Gasteiger partial charge in [-0.2, -0.15) is 0 Å². The van der Waals surface area contributed by atoms with Crippen LogP contribution in [0.2, 0.25) is 5.02 Å². The largest absolute Gasteiger partial charge is 0.491 e. The molecule has 1 heterocycles. The van der Waals surface area contributed by atoms with E-state index >= 15 is 0 Å². The number of benzene rings is 2. The molecular formula is C20H26Cl3N3O2. The van der Waals surface area contributed by atoms with Crippen LogP contribution in [0.1, 0.15) is 5.56 Å². The van der Waals surface area contributed by atoms with Crippen LogP contribution in [-0.4, -0.2) is 55.0 Å². The first kappa shape index (κ1) is 24.4. The smallest absolute Gasteiger partial charge is 0.227 e. The molecule has 1 aliphatic rings. The summed E-state index contributed by atoms with van der Waals surface area (Å²) in [5, 5.41) is 0.630. The second kappa shape index (κ2) is 12.0. The molecule has 28 heavy (non-hydrogen) atoms. The van der Waals surface area contributed by atoms with Crippen LogP contribution < -0.4 is 10.5 Å². The van der Waals surface area contributed by atoms with Gasteiger partial charge >= 0.3 is 0 Å². The van der Waals surface area contributed by atoms with Gasteiger partial charge in [-0.25, -0.2) is 0 Å². The molecule has 2 aromatic rings. The number of nitrogens with zero attached hydrogens (tertiary/aromatic N) is 2. The third-order valence-electron chi connectivity index (χ3n) is 4.56. The molecule has 2 aromatic carbocycles. The maximum atomic E-state index is 12.4. The zero-order valence-corrected chi connectivity index (χ0v) is 17.9. The van der Waals surface area contributed by atoms with Crippen molar-refractivity contribution < 1.29 is 9.53 Å². The summed E-state index contributed by atoms with van der Waals surface area (Å²) in [6.45, 7) is 4.63. The second-order valence-electron chi connectivity index (χ2n) is 6.42. The molecule has 154 valence electrons. The van der Waals surface area contributed by atoms with Gasteiger partial charge in [0.15, 0.2) is 0 Å². The Balaban J connectivity index is 0.00000196. The molecule has 1 fully saturated rings. The summed E-state index contributed by atoms with van der Waals surface area (Å²) in [5.74, 6) is 0.883. The van der Waals surface area contributed by atoms with E-state index in [0.717, 1.165) is 38.3 Å². The van der Waals surface area contributed by atoms with Gasteiger partial charge in [-0.1, -0.05) is 35.9 Å². The number of amides is 1. The van der Waals surface area contributed by atoms with Crippen molar-refractivity contribution in [1.82, 2.24) is 9.80 Å². The van der Waals surface area contributed by atoms with E-state index in [1.807, 2.05) is 53.4 Å². The molecule has 0 bridgehead atoms. The lowest BCUT2D eigenvalue weighted by Gasteiger charge is -2.34. The Kier molecular flexibility index (Phi) is 10.5. The lowest BCUT2D eigenvalue weighted by molar-refractivity contribution is -0.132. The molecule has 0 radical (unpaired) electrons. The van der Waals surface area contributed by atoms with Crippen molar-refractivity contribution in [2.45, 2.75) is 6.42 Å². The van der Waals surface area contributed by atoms with E-state index in [2.05, 4.69) is 4.90 Å². The molecule has 1 amide bonds. The fourth-order valence-electron chi connectivity index (χ4n) is 2.99. The van der Waals surface area contributed by atoms with Crippen LogP contribution in [0.5, 0.6) is 5.75 Å². The summed E-state index contributed by atoms with van der Waals surface area (Å²) in [6, 6.07) is 15.0. The molecule has 0 aliphatic carbocycles. The third-order valence-corrected chi connectivity index (χ3v) is 4.87. The van der Waals surface area contributed by atoms with Crippen molar-refractivity contribution >= 4 is 48.0 Å². The van der Waals surface area contributed by atoms with Gasteiger partial charge in [-0.3, -0.25) is 9.69 Å². The first-order valence-electron chi connectivity index (χ1n) is 8.84. The highest BCUT2D eigenvalue weighted by atomic mass is 35.5. The third kappa shape index (κ3) is 7.06. The number of rotatable bonds is 6. The van der Waals surface area contributed by atoms with Crippen LogP contribution in [0.25, 0.3) is 0 Å². The monoisotopic (exact) mass is 445 g/mol. The molecule has 0 aromatic heterocycles. The number of hydrogen-bond acceptors (Lipinski definition) is 4. The first-order chi connectivity index (χ1) is 12.6. The molecular weight excluding hydrogens is 421 g/mol. The van der Waals surface area contributed by atoms with Crippen molar-refractivity contribution in [1.29, 1.82) is 0 Å². The molecule has 0 atom stereocenters. The molecule has 1 saturated heterocycles. The number of nitrogens with two attached hydrogens (primary N) is 1. The molecule has 2 N–H and O–H groups in total. The highest BCUT2D eigenvalue weighted by Gasteiger charge is 2.21. The van der Waals surface area contributed by atoms with Crippen molar-refractivity contribution in [3.05, 3.63) is 59.1 Å². The Labute approximate surface area is 183 Å². The van der Waals surface area contributed by atoms with Crippen molar-refractivity contribution in [3.63, 3.8) is 0 Å². The number of carbonyl (C=O) groups is 1. The molecule has 1 aliphatic heterocycles. The van der Waals surface area contributed by atoms with Gasteiger partial charge in [0, 0.05) is 38.4 Å². The lowest BCUT2D eigenvalue weighted by atomic mass is 10.1. The average Bonchev–Trinajstić information content (AvgIpc) is 2.66. The minimum atomic E-state index is 0. The zero-order valence-electron chi connectivity index (χ0n) is 15.6. The maximum Gasteiger partial charge on any atom is 0.227 e. The van der Waals surface area contributed by atoms with Gasteiger partial charge in [-0.15, -0.1) is 24.8 Å². The number of halogens is 3. The highest BCUT2D eigenvalue weighted by molar-refractivity contribution is 6.32. The van der Waals surface area contributed by atoms with Gasteiger partial charge < -0.3 is 15.4 Å². The summed E-state index contributed by atoms with van der Waals surface area (Å²) in [5.41, 5.74) is 7.40. The van der Waals surface area contributed by atoms with Gasteiger partial charge in [0.2, 0.25) is 5.91 Å². The van der Waals surface area contributed by atoms with Crippen LogP contribution in [0.4, 0.5) is 5.69 Å². The van der Waals surface area contributed by atoms with Crippen molar-refractivity contribution in [3.8, 4) is 5.75 Å². The van der Waals surface area contributed by atoms with E-state index < -0.39 is 0 Å². The van der Waals surface area contributed by atoms with Crippen LogP contribution in [-0.2, 0) is 11.2 Å². The van der Waals surface area contributed by atoms with E-state index in [4.69, 9.17) is 22.1 Å². The Bertz CT molecular complexity index is 736. The SMILES string of the molecule is Cl.Cl.Nc1ccc(CC(=O)N2CCN(CCOc3ccccc3Cl)CC2)cc1. The normalized spacial score (nSPS) is 14.0. The van der Waals surface area contributed by atoms with Crippen LogP contribution in [0, 0.1) is 0 Å². The fraction of sp³-hybridized carbons (Fsp3) is 0.350. The Hall–Kier alpha value is -1.66. The summed E-state index contributed by atoms with van der Waals surface area (Å²) in [6.07, 6.45) is 0.426. The minimum absolute atomic E-state index is 0. The molecule has 8 heteroatoms. The van der Waals surface area contributed by atoms with Gasteiger partial charge in [0.1, 0.15) is 12.4 Å². The fourth-order valence-corrected chi connectivity index (χ4v) is 3.18. The quantitative estimate of drug-likeness (QED) is 0.690. The van der Waals surface area contributed by atoms with Crippen molar-refractivity contribution in [2.24, 2.45) is 0 Å². The predicted molar refractivity (Wildman–Crippen MR) is 119 cm³/mol. The standard InChI is InChI=1S/C20H24ClN3O2.2ClH/c21-18-3-1-2-4-19(18)26-14-13-23-9-11-24(12-10-23)20(25)15-16-5-7-17(22)8-6-16;;/h1-8H,9-15,22H2;2*1H. The van der Waals surface area contributed by atoms with E-state index in [0.29, 0.717) is 29.5 Å². The van der Waals surface area contributed by atoms with Crippen LogP contribution in [0.3, 0.4) is 0 Å². The van der Waals surface area contributed by atoms with Crippen LogP contribution >= 0.6 is 36.4 Å². The number of hydrogen-bond donors (Lipinski definition) is 1. The average molecular weight is 447 g/mol. The van der Waals surface area contributed by atoms with Gasteiger partial charge in [0.05, 0.1) is 11.4 Å². The predicted octanol–water partition coefficient (Wildman–Crippen LogP) is 3.53. The maximum absolute atomic E-state index is 12.4. The van der Waals surface area contributed by atoms with E-state index in [1.54, 1.807) is 0 Å².